The Kier molecular flexibility index (Phi) is 5.93. The second-order valence-corrected chi connectivity index (χ2v) is 5.74. The number of anilines is 1. The first-order valence-corrected chi connectivity index (χ1v) is 7.69. The lowest BCUT2D eigenvalue weighted by Gasteiger charge is -2.26. The molecule has 2 rings (SSSR count). The monoisotopic (exact) mass is 340 g/mol. The molecule has 0 aromatic heterocycles. The second-order valence-electron chi connectivity index (χ2n) is 5.74. The maximum absolute atomic E-state index is 10.8. The number of nitrogens with zero attached hydrogens (tertiary/aromatic N) is 3. The normalized spacial score (nSPS) is 11.6. The number of likely N-dealkylation sites (N-methyl/N-ethyl adjacent to an activating group) is 1. The third-order valence-corrected chi connectivity index (χ3v) is 3.92. The summed E-state index contributed by atoms with van der Waals surface area (Å²) in [5.41, 5.74) is 1.79. The predicted octanol–water partition coefficient (Wildman–Crippen LogP) is 3.19. The van der Waals surface area contributed by atoms with E-state index in [0.29, 0.717) is 12.2 Å². The fourth-order valence-electron chi connectivity index (χ4n) is 2.55. The number of ether oxygens (including phenoxy) is 1. The highest BCUT2D eigenvalue weighted by Crippen LogP contribution is 2.25. The van der Waals surface area contributed by atoms with Gasteiger partial charge in [-0.25, -0.2) is 0 Å². The first-order valence-electron chi connectivity index (χ1n) is 7.69. The van der Waals surface area contributed by atoms with Gasteiger partial charge in [0.25, 0.3) is 5.69 Å². The summed E-state index contributed by atoms with van der Waals surface area (Å²) in [7, 11) is 5.55. The Morgan fingerprint density at radius 1 is 1.32 bits per heavy atom. The van der Waals surface area contributed by atoms with Crippen molar-refractivity contribution in [3.8, 4) is 11.8 Å². The van der Waals surface area contributed by atoms with Gasteiger partial charge in [-0.3, -0.25) is 10.1 Å². The van der Waals surface area contributed by atoms with Crippen LogP contribution < -0.4 is 10.1 Å². The second kappa shape index (κ2) is 8.13. The molecule has 7 heteroatoms. The van der Waals surface area contributed by atoms with E-state index in [1.165, 1.54) is 12.1 Å². The Morgan fingerprint density at radius 2 is 2.08 bits per heavy atom. The molecule has 0 fully saturated rings. The van der Waals surface area contributed by atoms with Gasteiger partial charge in [0.1, 0.15) is 11.8 Å². The van der Waals surface area contributed by atoms with Crippen molar-refractivity contribution in [2.75, 3.05) is 33.1 Å². The fourth-order valence-corrected chi connectivity index (χ4v) is 2.55. The molecule has 2 aromatic rings. The van der Waals surface area contributed by atoms with Crippen LogP contribution in [0.1, 0.15) is 17.2 Å². The molecule has 0 amide bonds. The lowest BCUT2D eigenvalue weighted by Crippen LogP contribution is -2.27. The molecule has 1 atom stereocenters. The molecular weight excluding hydrogens is 320 g/mol. The standard InChI is InChI=1S/C18H20N4O3/c1-21(2)18(13-5-4-6-16(10-13)25-3)12-20-17-8-7-15(22(23)24)9-14(17)11-19/h4-10,18,20H,12H2,1-3H3/t18-/m1/s1. The van der Waals surface area contributed by atoms with E-state index in [9.17, 15) is 15.4 Å². The number of nitro groups is 1. The van der Waals surface area contributed by atoms with Gasteiger partial charge in [-0.05, 0) is 37.9 Å². The van der Waals surface area contributed by atoms with Gasteiger partial charge in [-0.15, -0.1) is 0 Å². The largest absolute Gasteiger partial charge is 0.497 e. The van der Waals surface area contributed by atoms with Crippen molar-refractivity contribution in [1.82, 2.24) is 4.90 Å². The first-order chi connectivity index (χ1) is 12.0. The van der Waals surface area contributed by atoms with E-state index in [-0.39, 0.29) is 17.3 Å². The van der Waals surface area contributed by atoms with Crippen LogP contribution in [0.25, 0.3) is 0 Å². The van der Waals surface area contributed by atoms with Crippen molar-refractivity contribution in [1.29, 1.82) is 5.26 Å². The van der Waals surface area contributed by atoms with E-state index in [4.69, 9.17) is 4.74 Å². The number of methoxy groups -OCH3 is 1. The third-order valence-electron chi connectivity index (χ3n) is 3.92. The summed E-state index contributed by atoms with van der Waals surface area (Å²) >= 11 is 0. The Labute approximate surface area is 146 Å². The smallest absolute Gasteiger partial charge is 0.270 e. The van der Waals surface area contributed by atoms with Crippen LogP contribution >= 0.6 is 0 Å². The van der Waals surface area contributed by atoms with Crippen LogP contribution in [0.15, 0.2) is 42.5 Å². The zero-order valence-electron chi connectivity index (χ0n) is 14.4. The molecule has 1 N–H and O–H groups in total. The Morgan fingerprint density at radius 3 is 2.68 bits per heavy atom. The molecule has 0 spiro atoms. The van der Waals surface area contributed by atoms with E-state index in [2.05, 4.69) is 10.2 Å². The zero-order chi connectivity index (χ0) is 18.4. The minimum atomic E-state index is -0.510. The molecule has 2 aromatic carbocycles. The van der Waals surface area contributed by atoms with Crippen LogP contribution in [-0.4, -0.2) is 37.6 Å². The van der Waals surface area contributed by atoms with E-state index >= 15 is 0 Å². The van der Waals surface area contributed by atoms with Crippen molar-refractivity contribution < 1.29 is 9.66 Å². The summed E-state index contributed by atoms with van der Waals surface area (Å²) in [6.07, 6.45) is 0. The van der Waals surface area contributed by atoms with Gasteiger partial charge in [-0.1, -0.05) is 12.1 Å². The van der Waals surface area contributed by atoms with E-state index < -0.39 is 4.92 Å². The molecule has 0 saturated carbocycles. The minimum Gasteiger partial charge on any atom is -0.497 e. The van der Waals surface area contributed by atoms with Crippen molar-refractivity contribution in [3.63, 3.8) is 0 Å². The average Bonchev–Trinajstić information content (AvgIpc) is 2.61. The van der Waals surface area contributed by atoms with Gasteiger partial charge in [-0.2, -0.15) is 5.26 Å². The van der Waals surface area contributed by atoms with Gasteiger partial charge in [0.15, 0.2) is 0 Å². The molecule has 0 heterocycles. The molecular formula is C18H20N4O3. The maximum Gasteiger partial charge on any atom is 0.270 e. The van der Waals surface area contributed by atoms with Crippen molar-refractivity contribution in [2.45, 2.75) is 6.04 Å². The van der Waals surface area contributed by atoms with Gasteiger partial charge < -0.3 is 15.0 Å². The van der Waals surface area contributed by atoms with Gasteiger partial charge >= 0.3 is 0 Å². The van der Waals surface area contributed by atoms with Crippen LogP contribution in [0.4, 0.5) is 11.4 Å². The Hall–Kier alpha value is -3.11. The SMILES string of the molecule is COc1cccc([C@@H](CNc2ccc([N+](=O)[O-])cc2C#N)N(C)C)c1. The number of hydrogen-bond donors (Lipinski definition) is 1. The highest BCUT2D eigenvalue weighted by Gasteiger charge is 2.16. The molecule has 0 aliphatic heterocycles. The molecule has 0 aliphatic rings. The summed E-state index contributed by atoms with van der Waals surface area (Å²) in [5, 5.41) is 23.3. The summed E-state index contributed by atoms with van der Waals surface area (Å²) in [4.78, 5) is 12.4. The van der Waals surface area contributed by atoms with Crippen LogP contribution in [0, 0.1) is 21.4 Å². The number of non-ortho nitro benzene ring substituents is 1. The van der Waals surface area contributed by atoms with Gasteiger partial charge in [0.2, 0.25) is 0 Å². The van der Waals surface area contributed by atoms with Gasteiger partial charge in [0.05, 0.1) is 29.3 Å². The van der Waals surface area contributed by atoms with E-state index in [1.807, 2.05) is 44.4 Å². The highest BCUT2D eigenvalue weighted by atomic mass is 16.6. The van der Waals surface area contributed by atoms with Crippen molar-refractivity contribution in [3.05, 3.63) is 63.7 Å². The number of hydrogen-bond acceptors (Lipinski definition) is 6. The topological polar surface area (TPSA) is 91.4 Å². The van der Waals surface area contributed by atoms with Crippen LogP contribution in [-0.2, 0) is 0 Å². The molecule has 0 saturated heterocycles. The molecule has 0 aliphatic carbocycles. The summed E-state index contributed by atoms with van der Waals surface area (Å²) in [5.74, 6) is 0.775. The quantitative estimate of drug-likeness (QED) is 0.615. The number of rotatable bonds is 7. The third kappa shape index (κ3) is 4.46. The molecule has 25 heavy (non-hydrogen) atoms. The summed E-state index contributed by atoms with van der Waals surface area (Å²) in [6.45, 7) is 0.534. The Balaban J connectivity index is 2.22. The number of nitriles is 1. The molecule has 7 nitrogen and oxygen atoms in total. The number of benzene rings is 2. The van der Waals surface area contributed by atoms with Gasteiger partial charge in [0, 0.05) is 18.7 Å². The predicted molar refractivity (Wildman–Crippen MR) is 95.7 cm³/mol. The van der Waals surface area contributed by atoms with Crippen LogP contribution in [0.3, 0.4) is 0 Å². The lowest BCUT2D eigenvalue weighted by molar-refractivity contribution is -0.384. The molecule has 0 unspecified atom stereocenters. The van der Waals surface area contributed by atoms with E-state index in [1.54, 1.807) is 13.2 Å². The van der Waals surface area contributed by atoms with Crippen molar-refractivity contribution in [2.24, 2.45) is 0 Å². The van der Waals surface area contributed by atoms with Crippen LogP contribution in [0.5, 0.6) is 5.75 Å². The Bertz CT molecular complexity index is 799. The fraction of sp³-hybridized carbons (Fsp3) is 0.278. The molecule has 0 bridgehead atoms. The molecule has 0 radical (unpaired) electrons. The molecule has 130 valence electrons. The minimum absolute atomic E-state index is 0.0387. The highest BCUT2D eigenvalue weighted by molar-refractivity contribution is 5.61. The van der Waals surface area contributed by atoms with E-state index in [0.717, 1.165) is 11.3 Å². The summed E-state index contributed by atoms with van der Waals surface area (Å²) in [6, 6.07) is 14.1. The summed E-state index contributed by atoms with van der Waals surface area (Å²) < 4.78 is 5.27. The van der Waals surface area contributed by atoms with Crippen molar-refractivity contribution >= 4 is 11.4 Å². The number of nitro benzene ring substituents is 1. The first kappa shape index (κ1) is 18.2. The lowest BCUT2D eigenvalue weighted by atomic mass is 10.0. The average molecular weight is 340 g/mol. The maximum atomic E-state index is 10.8. The number of nitrogens with one attached hydrogen (secondary N) is 1. The zero-order valence-corrected chi connectivity index (χ0v) is 14.4. The van der Waals surface area contributed by atoms with Crippen LogP contribution in [0.2, 0.25) is 0 Å².